The first kappa shape index (κ1) is 30.4. The van der Waals surface area contributed by atoms with E-state index >= 15 is 0 Å². The van der Waals surface area contributed by atoms with Crippen molar-refractivity contribution < 1.29 is 14.3 Å². The molecular weight excluding hydrogens is 660 g/mol. The zero-order valence-electron chi connectivity index (χ0n) is 24.8. The minimum atomic E-state index is -0.436. The minimum absolute atomic E-state index is 0.0565. The monoisotopic (exact) mass is 688 g/mol. The van der Waals surface area contributed by atoms with Gasteiger partial charge in [0.15, 0.2) is 0 Å². The molecule has 3 heterocycles. The van der Waals surface area contributed by atoms with Crippen LogP contribution in [0.1, 0.15) is 52.0 Å². The van der Waals surface area contributed by atoms with E-state index in [2.05, 4.69) is 26.3 Å². The molecule has 1 aliphatic rings. The van der Waals surface area contributed by atoms with Gasteiger partial charge in [-0.25, -0.2) is 9.48 Å². The lowest BCUT2D eigenvalue weighted by Gasteiger charge is -2.34. The van der Waals surface area contributed by atoms with Crippen molar-refractivity contribution in [3.05, 3.63) is 128 Å². The van der Waals surface area contributed by atoms with Crippen molar-refractivity contribution >= 4 is 39.3 Å². The van der Waals surface area contributed by atoms with E-state index in [9.17, 15) is 14.4 Å². The maximum Gasteiger partial charge on any atom is 0.333 e. The van der Waals surface area contributed by atoms with Gasteiger partial charge in [0.25, 0.3) is 11.8 Å². The highest BCUT2D eigenvalue weighted by Crippen LogP contribution is 2.28. The fourth-order valence-corrected chi connectivity index (χ4v) is 6.00. The first-order valence-electron chi connectivity index (χ1n) is 14.3. The normalized spacial score (nSPS) is 15.0. The molecule has 6 rings (SSSR count). The number of nitrogens with zero attached hydrogens (tertiary/aromatic N) is 5. The number of hydrogen-bond donors (Lipinski definition) is 1. The van der Waals surface area contributed by atoms with Gasteiger partial charge in [-0.15, -0.1) is 0 Å². The molecule has 230 valence electrons. The van der Waals surface area contributed by atoms with Gasteiger partial charge in [-0.05, 0) is 96.0 Å². The predicted molar refractivity (Wildman–Crippen MR) is 175 cm³/mol. The molecule has 0 saturated heterocycles. The van der Waals surface area contributed by atoms with E-state index < -0.39 is 5.91 Å². The van der Waals surface area contributed by atoms with Gasteiger partial charge in [-0.3, -0.25) is 18.7 Å². The summed E-state index contributed by atoms with van der Waals surface area (Å²) in [5.74, 6) is 0.0240. The number of carbonyl (C=O) groups is 2. The maximum atomic E-state index is 14.1. The van der Waals surface area contributed by atoms with Crippen LogP contribution < -0.4 is 15.7 Å². The van der Waals surface area contributed by atoms with Crippen molar-refractivity contribution in [1.82, 2.24) is 29.1 Å². The third kappa shape index (κ3) is 5.81. The van der Waals surface area contributed by atoms with E-state index in [-0.39, 0.29) is 42.5 Å². The van der Waals surface area contributed by atoms with Crippen LogP contribution in [0.5, 0.6) is 5.75 Å². The predicted octanol–water partition coefficient (Wildman–Crippen LogP) is 5.78. The largest absolute Gasteiger partial charge is 0.497 e. The highest BCUT2D eigenvalue weighted by Gasteiger charge is 2.35. The first-order chi connectivity index (χ1) is 21.7. The average Bonchev–Trinajstić information content (AvgIpc) is 3.68. The van der Waals surface area contributed by atoms with E-state index in [0.29, 0.717) is 32.2 Å². The Bertz CT molecular complexity index is 1930. The van der Waals surface area contributed by atoms with Gasteiger partial charge in [0.05, 0.1) is 41.8 Å². The molecule has 0 fully saturated rings. The van der Waals surface area contributed by atoms with Crippen LogP contribution >= 0.6 is 27.5 Å². The van der Waals surface area contributed by atoms with Crippen LogP contribution in [0.4, 0.5) is 0 Å². The summed E-state index contributed by atoms with van der Waals surface area (Å²) in [6.45, 7) is 4.03. The van der Waals surface area contributed by atoms with Crippen LogP contribution in [0.25, 0.3) is 11.4 Å². The number of ether oxygens (including phenoxy) is 1. The van der Waals surface area contributed by atoms with E-state index in [1.54, 1.807) is 57.8 Å². The number of nitrogens with one attached hydrogen (secondary N) is 1. The second-order valence-corrected chi connectivity index (χ2v) is 12.1. The van der Waals surface area contributed by atoms with Gasteiger partial charge in [0.2, 0.25) is 0 Å². The molecule has 12 heteroatoms. The molecule has 45 heavy (non-hydrogen) atoms. The molecule has 2 unspecified atom stereocenters. The molecule has 0 aliphatic carbocycles. The zero-order valence-corrected chi connectivity index (χ0v) is 27.1. The van der Waals surface area contributed by atoms with Gasteiger partial charge in [-0.2, -0.15) is 5.10 Å². The molecule has 10 nitrogen and oxygen atoms in total. The molecule has 0 spiro atoms. The lowest BCUT2D eigenvalue weighted by Crippen LogP contribution is -2.47. The molecule has 0 saturated carbocycles. The summed E-state index contributed by atoms with van der Waals surface area (Å²) < 4.78 is 10.7. The fraction of sp³-hybridized carbons (Fsp3) is 0.212. The number of halogens is 2. The Labute approximate surface area is 272 Å². The van der Waals surface area contributed by atoms with Crippen LogP contribution in [0.15, 0.2) is 94.5 Å². The lowest BCUT2D eigenvalue weighted by molar-refractivity contribution is 0.0610. The second-order valence-electron chi connectivity index (χ2n) is 10.9. The number of benzene rings is 3. The van der Waals surface area contributed by atoms with Crippen molar-refractivity contribution in [2.45, 2.75) is 39.0 Å². The molecule has 2 aromatic heterocycles. The Hall–Kier alpha value is -4.61. The molecule has 2 atom stereocenters. The van der Waals surface area contributed by atoms with Crippen molar-refractivity contribution in [3.8, 4) is 17.1 Å². The van der Waals surface area contributed by atoms with Gasteiger partial charge in [-0.1, -0.05) is 23.7 Å². The van der Waals surface area contributed by atoms with Gasteiger partial charge >= 0.3 is 5.69 Å². The Morgan fingerprint density at radius 2 is 1.78 bits per heavy atom. The van der Waals surface area contributed by atoms with Crippen molar-refractivity contribution in [2.24, 2.45) is 0 Å². The SMILES string of the molecule is COc1ccc(C(C)NC(=O)c2c3n(c(=O)n2-c2ccc(-n4cccn4)cc2)CC(C)N(C(=O)c2ccc(Br)c(Cl)c2)C3)cc1. The highest BCUT2D eigenvalue weighted by atomic mass is 79.9. The van der Waals surface area contributed by atoms with Gasteiger partial charge in [0, 0.05) is 35.0 Å². The molecule has 1 aliphatic heterocycles. The van der Waals surface area contributed by atoms with E-state index in [1.165, 1.54) is 4.57 Å². The van der Waals surface area contributed by atoms with Crippen LogP contribution in [-0.4, -0.2) is 48.8 Å². The summed E-state index contributed by atoms with van der Waals surface area (Å²) in [6, 6.07) is 20.8. The van der Waals surface area contributed by atoms with Crippen LogP contribution in [0, 0.1) is 0 Å². The van der Waals surface area contributed by atoms with E-state index in [0.717, 1.165) is 11.3 Å². The summed E-state index contributed by atoms with van der Waals surface area (Å²) in [7, 11) is 1.59. The molecule has 1 N–H and O–H groups in total. The smallest absolute Gasteiger partial charge is 0.333 e. The Kier molecular flexibility index (Phi) is 8.39. The Morgan fingerprint density at radius 1 is 1.07 bits per heavy atom. The standard InChI is InChI=1S/C33H30BrClN6O4/c1-20-18-39-29(19-38(20)32(43)23-7-14-27(34)28(35)17-23)30(31(42)37-21(2)22-5-12-26(45-3)13-6-22)41(33(39)44)25-10-8-24(9-11-25)40-16-4-15-36-40/h4-17,20-21H,18-19H2,1-3H3,(H,37,42). The Balaban J connectivity index is 1.41. The third-order valence-electron chi connectivity index (χ3n) is 8.03. The number of methoxy groups -OCH3 is 1. The highest BCUT2D eigenvalue weighted by molar-refractivity contribution is 9.10. The first-order valence-corrected chi connectivity index (χ1v) is 15.5. The van der Waals surface area contributed by atoms with E-state index in [1.807, 2.05) is 62.5 Å². The summed E-state index contributed by atoms with van der Waals surface area (Å²) in [6.07, 6.45) is 3.51. The summed E-state index contributed by atoms with van der Waals surface area (Å²) in [5, 5.41) is 7.75. The quantitative estimate of drug-likeness (QED) is 0.233. The molecule has 0 bridgehead atoms. The molecule has 2 amide bonds. The van der Waals surface area contributed by atoms with Gasteiger partial charge in [0.1, 0.15) is 11.4 Å². The van der Waals surface area contributed by atoms with Crippen molar-refractivity contribution in [2.75, 3.05) is 7.11 Å². The van der Waals surface area contributed by atoms with Crippen LogP contribution in [0.3, 0.4) is 0 Å². The Morgan fingerprint density at radius 3 is 2.42 bits per heavy atom. The third-order valence-corrected chi connectivity index (χ3v) is 9.26. The number of aromatic nitrogens is 4. The lowest BCUT2D eigenvalue weighted by atomic mass is 10.1. The summed E-state index contributed by atoms with van der Waals surface area (Å²) >= 11 is 9.67. The van der Waals surface area contributed by atoms with Crippen molar-refractivity contribution in [1.29, 1.82) is 0 Å². The number of carbonyl (C=O) groups excluding carboxylic acids is 2. The minimum Gasteiger partial charge on any atom is -0.497 e. The van der Waals surface area contributed by atoms with E-state index in [4.69, 9.17) is 16.3 Å². The number of hydrogen-bond acceptors (Lipinski definition) is 5. The number of amides is 2. The fourth-order valence-electron chi connectivity index (χ4n) is 5.57. The summed E-state index contributed by atoms with van der Waals surface area (Å²) in [4.78, 5) is 43.6. The molecular formula is C33H30BrClN6O4. The zero-order chi connectivity index (χ0) is 31.8. The van der Waals surface area contributed by atoms with Crippen LogP contribution in [-0.2, 0) is 13.1 Å². The summed E-state index contributed by atoms with van der Waals surface area (Å²) in [5.41, 5.74) is 2.87. The topological polar surface area (TPSA) is 103 Å². The second kappa shape index (κ2) is 12.4. The maximum absolute atomic E-state index is 14.1. The number of fused-ring (bicyclic) bond motifs is 1. The van der Waals surface area contributed by atoms with Gasteiger partial charge < -0.3 is 15.0 Å². The molecule has 5 aromatic rings. The van der Waals surface area contributed by atoms with Crippen molar-refractivity contribution in [3.63, 3.8) is 0 Å². The van der Waals surface area contributed by atoms with Crippen LogP contribution in [0.2, 0.25) is 5.02 Å². The average molecular weight is 690 g/mol. The number of rotatable bonds is 7. The number of imidazole rings is 1. The molecule has 0 radical (unpaired) electrons. The molecule has 3 aromatic carbocycles.